The third-order valence-electron chi connectivity index (χ3n) is 2.70. The molecule has 2 aliphatic rings. The zero-order valence-electron chi connectivity index (χ0n) is 5.14. The second kappa shape index (κ2) is 1.37. The number of hydrogen-bond donors (Lipinski definition) is 0. The Morgan fingerprint density at radius 3 is 2.50 bits per heavy atom. The van der Waals surface area contributed by atoms with E-state index in [1.807, 2.05) is 0 Å². The summed E-state index contributed by atoms with van der Waals surface area (Å²) in [7, 11) is 0. The van der Waals surface area contributed by atoms with E-state index in [1.165, 1.54) is 19.3 Å². The van der Waals surface area contributed by atoms with Crippen LogP contribution in [-0.4, -0.2) is 0 Å². The summed E-state index contributed by atoms with van der Waals surface area (Å²) in [6.07, 6.45) is 6.58. The smallest absolute Gasteiger partial charge is 0.0205 e. The molecule has 3 unspecified atom stereocenters. The van der Waals surface area contributed by atoms with Crippen LogP contribution in [0.3, 0.4) is 0 Å². The molecular weight excluding hydrogens is 96.1 g/mol. The van der Waals surface area contributed by atoms with Crippen LogP contribution in [0, 0.1) is 17.8 Å². The molecule has 2 saturated carbocycles. The predicted octanol–water partition coefficient (Wildman–Crippen LogP) is 2.22. The van der Waals surface area contributed by atoms with E-state index in [0.29, 0.717) is 0 Å². The van der Waals surface area contributed by atoms with Gasteiger partial charge in [-0.3, -0.25) is 0 Å². The van der Waals surface area contributed by atoms with Crippen LogP contribution in [0.5, 0.6) is 0 Å². The van der Waals surface area contributed by atoms with Crippen molar-refractivity contribution in [2.24, 2.45) is 17.8 Å². The molecule has 0 N–H and O–H groups in total. The van der Waals surface area contributed by atoms with Crippen molar-refractivity contribution >= 4 is 0 Å². The van der Waals surface area contributed by atoms with Crippen molar-refractivity contribution in [2.45, 2.75) is 19.3 Å². The fourth-order valence-corrected chi connectivity index (χ4v) is 2.04. The number of rotatable bonds is 1. The lowest BCUT2D eigenvalue weighted by Crippen LogP contribution is -1.90. The van der Waals surface area contributed by atoms with E-state index in [0.717, 1.165) is 17.8 Å². The highest BCUT2D eigenvalue weighted by Crippen LogP contribution is 2.55. The maximum absolute atomic E-state index is 3.82. The zero-order valence-corrected chi connectivity index (χ0v) is 5.14. The molecule has 0 amide bonds. The highest BCUT2D eigenvalue weighted by Gasteiger charge is 2.46. The predicted molar refractivity (Wildman–Crippen MR) is 34.5 cm³/mol. The Hall–Kier alpha value is -0.260. The number of fused-ring (bicyclic) bond motifs is 1. The van der Waals surface area contributed by atoms with Gasteiger partial charge in [-0.05, 0) is 37.0 Å². The van der Waals surface area contributed by atoms with Crippen molar-refractivity contribution in [1.82, 2.24) is 0 Å². The molecule has 2 rings (SSSR count). The highest BCUT2D eigenvalue weighted by molar-refractivity contribution is 5.03. The van der Waals surface area contributed by atoms with Gasteiger partial charge in [0.2, 0.25) is 0 Å². The van der Waals surface area contributed by atoms with Crippen molar-refractivity contribution in [2.75, 3.05) is 0 Å². The van der Waals surface area contributed by atoms with Gasteiger partial charge in [-0.25, -0.2) is 0 Å². The summed E-state index contributed by atoms with van der Waals surface area (Å²) in [5.74, 6) is 3.10. The van der Waals surface area contributed by atoms with Crippen LogP contribution in [0.1, 0.15) is 19.3 Å². The average molecular weight is 108 g/mol. The van der Waals surface area contributed by atoms with Crippen molar-refractivity contribution in [3.8, 4) is 0 Å². The SMILES string of the molecule is C=CC1CCC2CC12. The highest BCUT2D eigenvalue weighted by atomic mass is 14.5. The summed E-state index contributed by atoms with van der Waals surface area (Å²) in [6, 6.07) is 0. The Kier molecular flexibility index (Phi) is 0.787. The lowest BCUT2D eigenvalue weighted by molar-refractivity contribution is 0.592. The third-order valence-corrected chi connectivity index (χ3v) is 2.70. The summed E-state index contributed by atoms with van der Waals surface area (Å²) >= 11 is 0. The summed E-state index contributed by atoms with van der Waals surface area (Å²) < 4.78 is 0. The Morgan fingerprint density at radius 2 is 2.25 bits per heavy atom. The summed E-state index contributed by atoms with van der Waals surface area (Å²) in [5.41, 5.74) is 0. The largest absolute Gasteiger partial charge is 0.103 e. The van der Waals surface area contributed by atoms with E-state index in [2.05, 4.69) is 12.7 Å². The second-order valence-electron chi connectivity index (χ2n) is 3.14. The molecule has 0 nitrogen and oxygen atoms in total. The van der Waals surface area contributed by atoms with Crippen LogP contribution < -0.4 is 0 Å². The van der Waals surface area contributed by atoms with Gasteiger partial charge in [0.1, 0.15) is 0 Å². The maximum atomic E-state index is 3.82. The van der Waals surface area contributed by atoms with Crippen LogP contribution in [0.4, 0.5) is 0 Å². The van der Waals surface area contributed by atoms with Gasteiger partial charge in [-0.1, -0.05) is 6.08 Å². The van der Waals surface area contributed by atoms with Crippen LogP contribution in [-0.2, 0) is 0 Å². The van der Waals surface area contributed by atoms with Gasteiger partial charge in [0, 0.05) is 0 Å². The number of allylic oxidation sites excluding steroid dienone is 1. The molecule has 44 valence electrons. The molecule has 0 bridgehead atoms. The van der Waals surface area contributed by atoms with E-state index >= 15 is 0 Å². The molecule has 0 heterocycles. The molecule has 0 heteroatoms. The fourth-order valence-electron chi connectivity index (χ4n) is 2.04. The van der Waals surface area contributed by atoms with Crippen LogP contribution in [0.2, 0.25) is 0 Å². The minimum absolute atomic E-state index is 0.903. The Bertz CT molecular complexity index is 115. The topological polar surface area (TPSA) is 0 Å². The van der Waals surface area contributed by atoms with Crippen molar-refractivity contribution in [1.29, 1.82) is 0 Å². The maximum Gasteiger partial charge on any atom is -0.0205 e. The number of hydrogen-bond acceptors (Lipinski definition) is 0. The molecule has 8 heavy (non-hydrogen) atoms. The molecule has 2 aliphatic carbocycles. The fraction of sp³-hybridized carbons (Fsp3) is 0.750. The Labute approximate surface area is 50.6 Å². The van der Waals surface area contributed by atoms with E-state index in [4.69, 9.17) is 0 Å². The van der Waals surface area contributed by atoms with Gasteiger partial charge >= 0.3 is 0 Å². The normalized spacial score (nSPS) is 50.8. The van der Waals surface area contributed by atoms with E-state index in [1.54, 1.807) is 0 Å². The van der Waals surface area contributed by atoms with E-state index in [-0.39, 0.29) is 0 Å². The molecule has 0 saturated heterocycles. The van der Waals surface area contributed by atoms with E-state index in [9.17, 15) is 0 Å². The van der Waals surface area contributed by atoms with Gasteiger partial charge in [0.15, 0.2) is 0 Å². The summed E-state index contributed by atoms with van der Waals surface area (Å²) in [4.78, 5) is 0. The minimum Gasteiger partial charge on any atom is -0.103 e. The first-order valence-corrected chi connectivity index (χ1v) is 3.54. The van der Waals surface area contributed by atoms with Gasteiger partial charge in [-0.15, -0.1) is 6.58 Å². The first-order chi connectivity index (χ1) is 3.92. The van der Waals surface area contributed by atoms with Crippen molar-refractivity contribution in [3.63, 3.8) is 0 Å². The first kappa shape index (κ1) is 4.60. The van der Waals surface area contributed by atoms with Crippen molar-refractivity contribution < 1.29 is 0 Å². The van der Waals surface area contributed by atoms with Gasteiger partial charge in [0.25, 0.3) is 0 Å². The van der Waals surface area contributed by atoms with Crippen LogP contribution >= 0.6 is 0 Å². The lowest BCUT2D eigenvalue weighted by Gasteiger charge is -2.00. The Morgan fingerprint density at radius 1 is 1.38 bits per heavy atom. The zero-order chi connectivity index (χ0) is 5.56. The molecular formula is C8H12. The molecule has 0 aromatic rings. The molecule has 0 spiro atoms. The van der Waals surface area contributed by atoms with E-state index < -0.39 is 0 Å². The molecule has 0 aromatic carbocycles. The van der Waals surface area contributed by atoms with Gasteiger partial charge in [-0.2, -0.15) is 0 Å². The summed E-state index contributed by atoms with van der Waals surface area (Å²) in [6.45, 7) is 3.82. The molecule has 3 atom stereocenters. The van der Waals surface area contributed by atoms with Crippen molar-refractivity contribution in [3.05, 3.63) is 12.7 Å². The molecule has 2 fully saturated rings. The second-order valence-corrected chi connectivity index (χ2v) is 3.14. The monoisotopic (exact) mass is 108 g/mol. The molecule has 0 radical (unpaired) electrons. The minimum atomic E-state index is 0.903. The van der Waals surface area contributed by atoms with Crippen LogP contribution in [0.25, 0.3) is 0 Å². The lowest BCUT2D eigenvalue weighted by atomic mass is 10.0. The average Bonchev–Trinajstić information content (AvgIpc) is 2.46. The van der Waals surface area contributed by atoms with Gasteiger partial charge < -0.3 is 0 Å². The molecule has 0 aromatic heterocycles. The summed E-state index contributed by atoms with van der Waals surface area (Å²) in [5, 5.41) is 0. The van der Waals surface area contributed by atoms with Gasteiger partial charge in [0.05, 0.1) is 0 Å². The third kappa shape index (κ3) is 0.460. The quantitative estimate of drug-likeness (QED) is 0.452. The molecule has 0 aliphatic heterocycles. The standard InChI is InChI=1S/C8H12/c1-2-6-3-4-7-5-8(6)7/h2,6-8H,1,3-5H2. The van der Waals surface area contributed by atoms with Crippen LogP contribution in [0.15, 0.2) is 12.7 Å². The first-order valence-electron chi connectivity index (χ1n) is 3.54. The Balaban J connectivity index is 2.06.